The number of rotatable bonds is 2. The van der Waals surface area contributed by atoms with E-state index < -0.39 is 11.7 Å². The number of carbonyl (C=O) groups excluding carboxylic acids is 1. The maximum Gasteiger partial charge on any atom is 0.412 e. The summed E-state index contributed by atoms with van der Waals surface area (Å²) in [5, 5.41) is 6.47. The SMILES string of the molecule is CC(C)(C)OC(=O)Nc1c(Br)noc1C1CC1. The standard InChI is InChI=1S/C11H15BrN2O3/c1-11(2,3)16-10(15)13-7-8(6-4-5-6)17-14-9(7)12/h6H,4-5H2,1-3H3,(H,13,15). The van der Waals surface area contributed by atoms with Gasteiger partial charge in [-0.25, -0.2) is 4.79 Å². The van der Waals surface area contributed by atoms with E-state index in [9.17, 15) is 4.79 Å². The van der Waals surface area contributed by atoms with Crippen molar-refractivity contribution in [3.8, 4) is 0 Å². The molecule has 1 amide bonds. The summed E-state index contributed by atoms with van der Waals surface area (Å²) >= 11 is 3.25. The zero-order valence-electron chi connectivity index (χ0n) is 10.0. The van der Waals surface area contributed by atoms with E-state index in [1.807, 2.05) is 20.8 Å². The van der Waals surface area contributed by atoms with Gasteiger partial charge in [-0.05, 0) is 49.5 Å². The van der Waals surface area contributed by atoms with Crippen LogP contribution in [0, 0.1) is 0 Å². The van der Waals surface area contributed by atoms with Gasteiger partial charge in [-0.3, -0.25) is 5.32 Å². The second-order valence-corrected chi connectivity index (χ2v) is 5.86. The van der Waals surface area contributed by atoms with Crippen LogP contribution in [0.3, 0.4) is 0 Å². The van der Waals surface area contributed by atoms with E-state index in [2.05, 4.69) is 26.4 Å². The van der Waals surface area contributed by atoms with Crippen LogP contribution in [0.1, 0.15) is 45.3 Å². The normalized spacial score (nSPS) is 15.8. The molecular weight excluding hydrogens is 288 g/mol. The summed E-state index contributed by atoms with van der Waals surface area (Å²) in [6.07, 6.45) is 1.65. The predicted octanol–water partition coefficient (Wildman–Crippen LogP) is 3.66. The lowest BCUT2D eigenvalue weighted by Crippen LogP contribution is -2.27. The fourth-order valence-electron chi connectivity index (χ4n) is 1.43. The zero-order chi connectivity index (χ0) is 12.6. The van der Waals surface area contributed by atoms with Crippen LogP contribution in [0.25, 0.3) is 0 Å². The highest BCUT2D eigenvalue weighted by Crippen LogP contribution is 2.45. The van der Waals surface area contributed by atoms with E-state index in [-0.39, 0.29) is 0 Å². The summed E-state index contributed by atoms with van der Waals surface area (Å²) in [6.45, 7) is 5.45. The van der Waals surface area contributed by atoms with Crippen LogP contribution in [-0.4, -0.2) is 16.9 Å². The Hall–Kier alpha value is -1.04. The van der Waals surface area contributed by atoms with Crippen LogP contribution in [0.2, 0.25) is 0 Å². The summed E-state index contributed by atoms with van der Waals surface area (Å²) < 4.78 is 10.9. The van der Waals surface area contributed by atoms with E-state index in [4.69, 9.17) is 9.26 Å². The van der Waals surface area contributed by atoms with Crippen molar-refractivity contribution in [3.05, 3.63) is 10.4 Å². The van der Waals surface area contributed by atoms with E-state index >= 15 is 0 Å². The highest BCUT2D eigenvalue weighted by Gasteiger charge is 2.33. The first-order chi connectivity index (χ1) is 7.87. The van der Waals surface area contributed by atoms with Crippen LogP contribution in [-0.2, 0) is 4.74 Å². The topological polar surface area (TPSA) is 64.4 Å². The molecule has 1 fully saturated rings. The van der Waals surface area contributed by atoms with Gasteiger partial charge in [0.1, 0.15) is 11.3 Å². The Labute approximate surface area is 108 Å². The lowest BCUT2D eigenvalue weighted by Gasteiger charge is -2.19. The maximum absolute atomic E-state index is 11.6. The number of nitrogens with zero attached hydrogens (tertiary/aromatic N) is 1. The van der Waals surface area contributed by atoms with Gasteiger partial charge in [0.15, 0.2) is 10.4 Å². The predicted molar refractivity (Wildman–Crippen MR) is 66.0 cm³/mol. The van der Waals surface area contributed by atoms with Gasteiger partial charge in [0.05, 0.1) is 0 Å². The largest absolute Gasteiger partial charge is 0.444 e. The summed E-state index contributed by atoms with van der Waals surface area (Å²) in [5.41, 5.74) is 0.0646. The average Bonchev–Trinajstić information content (AvgIpc) is 2.92. The molecule has 0 spiro atoms. The van der Waals surface area contributed by atoms with E-state index in [0.29, 0.717) is 16.2 Å². The molecule has 6 heteroatoms. The summed E-state index contributed by atoms with van der Waals surface area (Å²) in [6, 6.07) is 0. The molecule has 0 atom stereocenters. The van der Waals surface area contributed by atoms with Crippen molar-refractivity contribution in [1.82, 2.24) is 5.16 Å². The van der Waals surface area contributed by atoms with Gasteiger partial charge >= 0.3 is 6.09 Å². The van der Waals surface area contributed by atoms with Crippen molar-refractivity contribution < 1.29 is 14.1 Å². The van der Waals surface area contributed by atoms with Gasteiger partial charge < -0.3 is 9.26 Å². The molecule has 1 aromatic rings. The van der Waals surface area contributed by atoms with E-state index in [1.165, 1.54) is 0 Å². The lowest BCUT2D eigenvalue weighted by atomic mass is 10.2. The van der Waals surface area contributed by atoms with Gasteiger partial charge in [0.2, 0.25) is 0 Å². The molecule has 0 unspecified atom stereocenters. The minimum atomic E-state index is -0.520. The van der Waals surface area contributed by atoms with Crippen molar-refractivity contribution >= 4 is 27.7 Å². The molecule has 1 aliphatic carbocycles. The monoisotopic (exact) mass is 302 g/mol. The first kappa shape index (κ1) is 12.4. The molecule has 0 aliphatic heterocycles. The van der Waals surface area contributed by atoms with Gasteiger partial charge in [0, 0.05) is 5.92 Å². The second-order valence-electron chi connectivity index (χ2n) is 5.11. The number of ether oxygens (including phenoxy) is 1. The smallest absolute Gasteiger partial charge is 0.412 e. The first-order valence-corrected chi connectivity index (χ1v) is 6.31. The molecule has 0 aromatic carbocycles. The second kappa shape index (κ2) is 4.33. The number of amides is 1. The highest BCUT2D eigenvalue weighted by molar-refractivity contribution is 9.10. The van der Waals surface area contributed by atoms with Gasteiger partial charge in [-0.2, -0.15) is 0 Å². The van der Waals surface area contributed by atoms with Crippen molar-refractivity contribution in [2.45, 2.75) is 45.1 Å². The Balaban J connectivity index is 2.07. The number of aromatic nitrogens is 1. The molecule has 1 aliphatic rings. The quantitative estimate of drug-likeness (QED) is 0.905. The third-order valence-electron chi connectivity index (χ3n) is 2.25. The Kier molecular flexibility index (Phi) is 3.16. The third kappa shape index (κ3) is 3.21. The van der Waals surface area contributed by atoms with Gasteiger partial charge in [-0.1, -0.05) is 5.16 Å². The van der Waals surface area contributed by atoms with E-state index in [1.54, 1.807) is 0 Å². The van der Waals surface area contributed by atoms with Crippen LogP contribution >= 0.6 is 15.9 Å². The Morgan fingerprint density at radius 2 is 2.18 bits per heavy atom. The minimum absolute atomic E-state index is 0.374. The number of hydrogen-bond donors (Lipinski definition) is 1. The van der Waals surface area contributed by atoms with Crippen molar-refractivity contribution in [2.24, 2.45) is 0 Å². The van der Waals surface area contributed by atoms with Crippen molar-refractivity contribution in [1.29, 1.82) is 0 Å². The van der Waals surface area contributed by atoms with E-state index in [0.717, 1.165) is 18.6 Å². The fourth-order valence-corrected chi connectivity index (χ4v) is 1.79. The number of anilines is 1. The molecular formula is C11H15BrN2O3. The van der Waals surface area contributed by atoms with Crippen LogP contribution in [0.15, 0.2) is 9.13 Å². The fraction of sp³-hybridized carbons (Fsp3) is 0.636. The average molecular weight is 303 g/mol. The Morgan fingerprint density at radius 3 is 2.71 bits per heavy atom. The number of halogens is 1. The van der Waals surface area contributed by atoms with Crippen molar-refractivity contribution in [2.75, 3.05) is 5.32 Å². The number of nitrogens with one attached hydrogen (secondary N) is 1. The molecule has 94 valence electrons. The molecule has 1 heterocycles. The molecule has 5 nitrogen and oxygen atoms in total. The van der Waals surface area contributed by atoms with Crippen molar-refractivity contribution in [3.63, 3.8) is 0 Å². The molecule has 1 saturated carbocycles. The molecule has 0 radical (unpaired) electrons. The Bertz CT molecular complexity index is 432. The highest BCUT2D eigenvalue weighted by atomic mass is 79.9. The molecule has 0 saturated heterocycles. The van der Waals surface area contributed by atoms with Crippen LogP contribution < -0.4 is 5.32 Å². The maximum atomic E-state index is 11.6. The summed E-state index contributed by atoms with van der Waals surface area (Å²) in [7, 11) is 0. The molecule has 1 N–H and O–H groups in total. The first-order valence-electron chi connectivity index (χ1n) is 5.52. The third-order valence-corrected chi connectivity index (χ3v) is 2.79. The Morgan fingerprint density at radius 1 is 1.53 bits per heavy atom. The van der Waals surface area contributed by atoms with Gasteiger partial charge in [-0.15, -0.1) is 0 Å². The zero-order valence-corrected chi connectivity index (χ0v) is 11.6. The van der Waals surface area contributed by atoms with Gasteiger partial charge in [0.25, 0.3) is 0 Å². The van der Waals surface area contributed by atoms with Crippen LogP contribution in [0.4, 0.5) is 10.5 Å². The molecule has 1 aromatic heterocycles. The van der Waals surface area contributed by atoms with Crippen LogP contribution in [0.5, 0.6) is 0 Å². The number of hydrogen-bond acceptors (Lipinski definition) is 4. The number of carbonyl (C=O) groups is 1. The summed E-state index contributed by atoms with van der Waals surface area (Å²) in [5.74, 6) is 1.10. The molecule has 0 bridgehead atoms. The molecule has 17 heavy (non-hydrogen) atoms. The summed E-state index contributed by atoms with van der Waals surface area (Å²) in [4.78, 5) is 11.6. The minimum Gasteiger partial charge on any atom is -0.444 e. The lowest BCUT2D eigenvalue weighted by molar-refractivity contribution is 0.0635. The molecule has 2 rings (SSSR count).